The number of hydrogen-bond acceptors (Lipinski definition) is 4. The molecule has 0 spiro atoms. The highest BCUT2D eigenvalue weighted by atomic mass is 16.5. The number of ether oxygens (including phenoxy) is 1. The summed E-state index contributed by atoms with van der Waals surface area (Å²) in [7, 11) is 0. The van der Waals surface area contributed by atoms with Crippen molar-refractivity contribution in [3.8, 4) is 11.4 Å². The van der Waals surface area contributed by atoms with Gasteiger partial charge >= 0.3 is 0 Å². The Labute approximate surface area is 175 Å². The van der Waals surface area contributed by atoms with E-state index in [0.717, 1.165) is 22.6 Å². The molecule has 2 aromatic carbocycles. The zero-order valence-electron chi connectivity index (χ0n) is 17.1. The summed E-state index contributed by atoms with van der Waals surface area (Å²) < 4.78 is 7.51. The number of aryl methyl sites for hydroxylation is 1. The molecule has 30 heavy (non-hydrogen) atoms. The van der Waals surface area contributed by atoms with Gasteiger partial charge in [-0.25, -0.2) is 4.68 Å². The Bertz CT molecular complexity index is 1080. The third-order valence-electron chi connectivity index (χ3n) is 5.24. The fourth-order valence-electron chi connectivity index (χ4n) is 3.63. The van der Waals surface area contributed by atoms with Crippen LogP contribution in [0.2, 0.25) is 0 Å². The van der Waals surface area contributed by atoms with Crippen LogP contribution in [0.5, 0.6) is 5.75 Å². The fraction of sp³-hybridized carbons (Fsp3) is 0.261. The molecular formula is C23H24N4O3. The molecule has 7 nitrogen and oxygen atoms in total. The Kier molecular flexibility index (Phi) is 5.52. The van der Waals surface area contributed by atoms with Crippen molar-refractivity contribution in [1.29, 1.82) is 0 Å². The van der Waals surface area contributed by atoms with Gasteiger partial charge in [0, 0.05) is 17.8 Å². The Balaban J connectivity index is 1.47. The molecule has 7 heteroatoms. The number of carbonyl (C=O) groups is 2. The first-order valence-corrected chi connectivity index (χ1v) is 9.94. The van der Waals surface area contributed by atoms with Crippen molar-refractivity contribution < 1.29 is 14.3 Å². The zero-order chi connectivity index (χ0) is 21.1. The summed E-state index contributed by atoms with van der Waals surface area (Å²) in [5, 5.41) is 7.55. The maximum absolute atomic E-state index is 12.7. The summed E-state index contributed by atoms with van der Waals surface area (Å²) in [4.78, 5) is 26.7. The van der Waals surface area contributed by atoms with E-state index < -0.39 is 0 Å². The van der Waals surface area contributed by atoms with E-state index in [0.29, 0.717) is 24.6 Å². The van der Waals surface area contributed by atoms with Crippen LogP contribution in [0.1, 0.15) is 23.4 Å². The average molecular weight is 404 g/mol. The van der Waals surface area contributed by atoms with Crippen LogP contribution in [-0.4, -0.2) is 34.7 Å². The highest BCUT2D eigenvalue weighted by molar-refractivity contribution is 6.00. The van der Waals surface area contributed by atoms with Crippen molar-refractivity contribution in [3.63, 3.8) is 0 Å². The normalized spacial score (nSPS) is 13.4. The number of nitrogens with zero attached hydrogens (tertiary/aromatic N) is 3. The summed E-state index contributed by atoms with van der Waals surface area (Å²) in [6.07, 6.45) is 0.240. The SMILES string of the molecule is Cc1nn(-c2ccccc2)c(C)c1CNC(=O)CN1C(=O)CCOc2ccccc21. The van der Waals surface area contributed by atoms with Crippen LogP contribution in [-0.2, 0) is 16.1 Å². The summed E-state index contributed by atoms with van der Waals surface area (Å²) in [6.45, 7) is 4.53. The summed E-state index contributed by atoms with van der Waals surface area (Å²) in [5.74, 6) is 0.262. The van der Waals surface area contributed by atoms with Gasteiger partial charge in [-0.2, -0.15) is 5.10 Å². The smallest absolute Gasteiger partial charge is 0.240 e. The van der Waals surface area contributed by atoms with Gasteiger partial charge in [0.1, 0.15) is 12.3 Å². The Morgan fingerprint density at radius 1 is 1.10 bits per heavy atom. The maximum Gasteiger partial charge on any atom is 0.240 e. The standard InChI is InChI=1S/C23H24N4O3/c1-16-19(17(2)27(25-16)18-8-4-3-5-9-18)14-24-22(28)15-26-20-10-6-7-11-21(20)30-13-12-23(26)29/h3-11H,12-15H2,1-2H3,(H,24,28). The number of amides is 2. The van der Waals surface area contributed by atoms with E-state index in [1.165, 1.54) is 4.90 Å². The number of hydrogen-bond donors (Lipinski definition) is 1. The molecule has 154 valence electrons. The average Bonchev–Trinajstić information content (AvgIpc) is 2.94. The van der Waals surface area contributed by atoms with Gasteiger partial charge in [-0.15, -0.1) is 0 Å². The Morgan fingerprint density at radius 2 is 1.83 bits per heavy atom. The third kappa shape index (κ3) is 3.91. The van der Waals surface area contributed by atoms with E-state index in [1.54, 1.807) is 6.07 Å². The van der Waals surface area contributed by atoms with E-state index in [9.17, 15) is 9.59 Å². The number of fused-ring (bicyclic) bond motifs is 1. The number of carbonyl (C=O) groups excluding carboxylic acids is 2. The van der Waals surface area contributed by atoms with Crippen molar-refractivity contribution in [2.45, 2.75) is 26.8 Å². The van der Waals surface area contributed by atoms with Crippen LogP contribution >= 0.6 is 0 Å². The van der Waals surface area contributed by atoms with Gasteiger partial charge in [0.05, 0.1) is 30.1 Å². The Hall–Kier alpha value is -3.61. The largest absolute Gasteiger partial charge is 0.491 e. The first-order valence-electron chi connectivity index (χ1n) is 9.94. The van der Waals surface area contributed by atoms with Gasteiger partial charge in [0.15, 0.2) is 0 Å². The minimum atomic E-state index is -0.230. The summed E-state index contributed by atoms with van der Waals surface area (Å²) in [5.41, 5.74) is 4.41. The van der Waals surface area contributed by atoms with Crippen molar-refractivity contribution >= 4 is 17.5 Å². The molecule has 1 N–H and O–H groups in total. The van der Waals surface area contributed by atoms with Crippen LogP contribution in [0.15, 0.2) is 54.6 Å². The molecule has 0 unspecified atom stereocenters. The van der Waals surface area contributed by atoms with Crippen LogP contribution in [0.4, 0.5) is 5.69 Å². The molecule has 0 fully saturated rings. The van der Waals surface area contributed by atoms with Gasteiger partial charge in [-0.3, -0.25) is 14.5 Å². The Morgan fingerprint density at radius 3 is 2.63 bits per heavy atom. The van der Waals surface area contributed by atoms with E-state index >= 15 is 0 Å². The van der Waals surface area contributed by atoms with Gasteiger partial charge in [0.25, 0.3) is 0 Å². The number of anilines is 1. The van der Waals surface area contributed by atoms with E-state index in [4.69, 9.17) is 4.74 Å². The van der Waals surface area contributed by atoms with Crippen molar-refractivity contribution in [2.24, 2.45) is 0 Å². The minimum Gasteiger partial charge on any atom is -0.491 e. The molecular weight excluding hydrogens is 380 g/mol. The lowest BCUT2D eigenvalue weighted by Gasteiger charge is -2.21. The molecule has 0 radical (unpaired) electrons. The summed E-state index contributed by atoms with van der Waals surface area (Å²) in [6, 6.07) is 17.2. The lowest BCUT2D eigenvalue weighted by molar-refractivity contribution is -0.124. The second kappa shape index (κ2) is 8.41. The van der Waals surface area contributed by atoms with Crippen LogP contribution < -0.4 is 15.0 Å². The molecule has 0 bridgehead atoms. The number of rotatable bonds is 5. The van der Waals surface area contributed by atoms with Crippen LogP contribution in [0.3, 0.4) is 0 Å². The molecule has 1 aliphatic rings. The number of aromatic nitrogens is 2. The third-order valence-corrected chi connectivity index (χ3v) is 5.24. The van der Waals surface area contributed by atoms with Crippen LogP contribution in [0, 0.1) is 13.8 Å². The number of nitrogens with one attached hydrogen (secondary N) is 1. The molecule has 0 atom stereocenters. The van der Waals surface area contributed by atoms with Crippen molar-refractivity contribution in [2.75, 3.05) is 18.1 Å². The molecule has 1 aromatic heterocycles. The number of para-hydroxylation sites is 3. The molecule has 0 aliphatic carbocycles. The van der Waals surface area contributed by atoms with E-state index in [-0.39, 0.29) is 24.8 Å². The van der Waals surface area contributed by atoms with Gasteiger partial charge in [-0.1, -0.05) is 30.3 Å². The van der Waals surface area contributed by atoms with Gasteiger partial charge < -0.3 is 10.1 Å². The lowest BCUT2D eigenvalue weighted by Crippen LogP contribution is -2.40. The highest BCUT2D eigenvalue weighted by Gasteiger charge is 2.25. The minimum absolute atomic E-state index is 0.0515. The molecule has 0 saturated heterocycles. The molecule has 0 saturated carbocycles. The first-order chi connectivity index (χ1) is 14.5. The zero-order valence-corrected chi connectivity index (χ0v) is 17.1. The predicted octanol–water partition coefficient (Wildman–Crippen LogP) is 2.92. The lowest BCUT2D eigenvalue weighted by atomic mass is 10.2. The second-order valence-corrected chi connectivity index (χ2v) is 7.22. The van der Waals surface area contributed by atoms with E-state index in [2.05, 4.69) is 10.4 Å². The maximum atomic E-state index is 12.7. The van der Waals surface area contributed by atoms with Crippen LogP contribution in [0.25, 0.3) is 5.69 Å². The number of benzene rings is 2. The second-order valence-electron chi connectivity index (χ2n) is 7.22. The predicted molar refractivity (Wildman–Crippen MR) is 114 cm³/mol. The summed E-state index contributed by atoms with van der Waals surface area (Å²) >= 11 is 0. The molecule has 1 aliphatic heterocycles. The van der Waals surface area contributed by atoms with Crippen molar-refractivity contribution in [1.82, 2.24) is 15.1 Å². The fourth-order valence-corrected chi connectivity index (χ4v) is 3.63. The monoisotopic (exact) mass is 404 g/mol. The van der Waals surface area contributed by atoms with Gasteiger partial charge in [0.2, 0.25) is 11.8 Å². The first kappa shape index (κ1) is 19.7. The molecule has 3 aromatic rings. The van der Waals surface area contributed by atoms with Gasteiger partial charge in [-0.05, 0) is 38.1 Å². The topological polar surface area (TPSA) is 76.5 Å². The molecule has 4 rings (SSSR count). The molecule has 2 amide bonds. The van der Waals surface area contributed by atoms with Crippen molar-refractivity contribution in [3.05, 3.63) is 71.5 Å². The molecule has 2 heterocycles. The quantitative estimate of drug-likeness (QED) is 0.709. The highest BCUT2D eigenvalue weighted by Crippen LogP contribution is 2.30. The van der Waals surface area contributed by atoms with E-state index in [1.807, 2.05) is 67.1 Å².